The van der Waals surface area contributed by atoms with Crippen LogP contribution in [0.3, 0.4) is 0 Å². The first-order chi connectivity index (χ1) is 20.8. The lowest BCUT2D eigenvalue weighted by atomic mass is 10.0. The van der Waals surface area contributed by atoms with Crippen molar-refractivity contribution in [2.75, 3.05) is 53.9 Å². The molecule has 0 unspecified atom stereocenters. The minimum absolute atomic E-state index is 0.192. The summed E-state index contributed by atoms with van der Waals surface area (Å²) >= 11 is 0. The number of hydroxylamine groups is 1. The van der Waals surface area contributed by atoms with E-state index in [1.165, 1.54) is 36.4 Å². The molecule has 1 aromatic heterocycles. The van der Waals surface area contributed by atoms with Gasteiger partial charge in [-0.05, 0) is 50.1 Å². The Hall–Kier alpha value is -4.29. The van der Waals surface area contributed by atoms with E-state index in [0.717, 1.165) is 37.5 Å². The fourth-order valence-electron chi connectivity index (χ4n) is 5.89. The summed E-state index contributed by atoms with van der Waals surface area (Å²) in [6.07, 6.45) is 5.58. The summed E-state index contributed by atoms with van der Waals surface area (Å²) in [6.45, 7) is 8.85. The molecule has 2 N–H and O–H groups in total. The first-order valence-corrected chi connectivity index (χ1v) is 14.5. The first-order valence-electron chi connectivity index (χ1n) is 14.5. The lowest BCUT2D eigenvalue weighted by molar-refractivity contribution is -0.111. The van der Waals surface area contributed by atoms with Crippen molar-refractivity contribution in [3.05, 3.63) is 72.6 Å². The van der Waals surface area contributed by atoms with Gasteiger partial charge in [-0.1, -0.05) is 6.58 Å². The van der Waals surface area contributed by atoms with Gasteiger partial charge in [-0.25, -0.2) is 23.8 Å². The van der Waals surface area contributed by atoms with Crippen LogP contribution in [0, 0.1) is 11.6 Å². The van der Waals surface area contributed by atoms with Crippen LogP contribution in [0.15, 0.2) is 55.4 Å². The number of anilines is 5. The van der Waals surface area contributed by atoms with Gasteiger partial charge in [-0.3, -0.25) is 14.5 Å². The molecule has 10 nitrogen and oxygen atoms in total. The number of piperazine rings is 1. The van der Waals surface area contributed by atoms with E-state index in [2.05, 4.69) is 43.9 Å². The number of methoxy groups -OCH3 is 1. The summed E-state index contributed by atoms with van der Waals surface area (Å²) in [6, 6.07) is 9.13. The second-order valence-corrected chi connectivity index (χ2v) is 11.0. The van der Waals surface area contributed by atoms with Crippen LogP contribution in [-0.4, -0.2) is 66.2 Å². The van der Waals surface area contributed by atoms with Gasteiger partial charge in [-0.2, -0.15) is 0 Å². The van der Waals surface area contributed by atoms with E-state index >= 15 is 0 Å². The van der Waals surface area contributed by atoms with Crippen LogP contribution >= 0.6 is 0 Å². The van der Waals surface area contributed by atoms with Crippen LogP contribution in [0.2, 0.25) is 0 Å². The molecule has 3 aromatic rings. The van der Waals surface area contributed by atoms with E-state index in [0.29, 0.717) is 47.8 Å². The fraction of sp³-hybridized carbons (Fsp3) is 0.387. The summed E-state index contributed by atoms with van der Waals surface area (Å²) in [5.41, 5.74) is 2.22. The topological polar surface area (TPSA) is 95.1 Å². The maximum Gasteiger partial charge on any atom is 0.247 e. The first kappa shape index (κ1) is 28.8. The molecular formula is C31H35F2N7O3. The molecule has 2 atom stereocenters. The zero-order valence-corrected chi connectivity index (χ0v) is 24.2. The molecule has 2 aromatic carbocycles. The maximum absolute atomic E-state index is 14.6. The molecular weight excluding hydrogens is 556 g/mol. The molecule has 3 heterocycles. The Balaban J connectivity index is 1.29. The lowest BCUT2D eigenvalue weighted by Crippen LogP contribution is -2.52. The number of hydrogen-bond donors (Lipinski definition) is 2. The smallest absolute Gasteiger partial charge is 0.247 e. The molecule has 3 fully saturated rings. The molecule has 3 aliphatic rings. The van der Waals surface area contributed by atoms with Gasteiger partial charge in [0.2, 0.25) is 5.91 Å². The van der Waals surface area contributed by atoms with Crippen molar-refractivity contribution < 1.29 is 23.1 Å². The van der Waals surface area contributed by atoms with Crippen molar-refractivity contribution in [1.29, 1.82) is 0 Å². The highest BCUT2D eigenvalue weighted by atomic mass is 19.1. The summed E-state index contributed by atoms with van der Waals surface area (Å²) in [5, 5.41) is 7.70. The number of aromatic nitrogens is 2. The number of ether oxygens (including phenoxy) is 1. The molecule has 0 bridgehead atoms. The number of carbonyl (C=O) groups excluding carboxylic acids is 1. The van der Waals surface area contributed by atoms with Gasteiger partial charge in [0, 0.05) is 55.8 Å². The highest BCUT2D eigenvalue weighted by Crippen LogP contribution is 2.41. The average molecular weight is 592 g/mol. The Morgan fingerprint density at radius 2 is 1.95 bits per heavy atom. The van der Waals surface area contributed by atoms with Gasteiger partial charge in [0.15, 0.2) is 5.82 Å². The zero-order valence-electron chi connectivity index (χ0n) is 24.2. The summed E-state index contributed by atoms with van der Waals surface area (Å²) < 4.78 is 34.3. The number of hydrogen-bond acceptors (Lipinski definition) is 9. The van der Waals surface area contributed by atoms with Gasteiger partial charge in [-0.15, -0.1) is 0 Å². The monoisotopic (exact) mass is 591 g/mol. The van der Waals surface area contributed by atoms with Gasteiger partial charge in [0.1, 0.15) is 29.5 Å². The standard InChI is InChI=1S/C31H35F2N7O3/c1-4-31(41)37-24-14-25(28(42-3)15-27(24)39-11-10-38(17-19(39)2)21-6-7-21)36-29-16-30(35-18-34-29)40-26(9-12-43-40)22-13-20(32)5-8-23(22)33/h4-5,8,13-16,18-19,21,26H,1,6-7,9-12,17H2,2-3H3,(H,37,41)(H,34,35,36)/t19-,26+/m0/s1. The molecule has 0 spiro atoms. The summed E-state index contributed by atoms with van der Waals surface area (Å²) in [4.78, 5) is 31.8. The number of benzene rings is 2. The number of carbonyl (C=O) groups is 1. The molecule has 0 radical (unpaired) electrons. The molecule has 6 rings (SSSR count). The number of amides is 1. The van der Waals surface area contributed by atoms with Crippen molar-refractivity contribution in [3.8, 4) is 5.75 Å². The second-order valence-electron chi connectivity index (χ2n) is 11.0. The Morgan fingerprint density at radius 3 is 2.70 bits per heavy atom. The number of halogens is 2. The average Bonchev–Trinajstić information content (AvgIpc) is 3.75. The van der Waals surface area contributed by atoms with Crippen molar-refractivity contribution >= 4 is 34.6 Å². The van der Waals surface area contributed by atoms with Crippen molar-refractivity contribution in [2.24, 2.45) is 0 Å². The number of rotatable bonds is 9. The minimum Gasteiger partial charge on any atom is -0.494 e. The third-order valence-electron chi connectivity index (χ3n) is 8.16. The molecule has 43 heavy (non-hydrogen) atoms. The molecule has 2 aliphatic heterocycles. The van der Waals surface area contributed by atoms with Crippen molar-refractivity contribution in [1.82, 2.24) is 14.9 Å². The van der Waals surface area contributed by atoms with Crippen LogP contribution in [0.1, 0.15) is 37.8 Å². The lowest BCUT2D eigenvalue weighted by Gasteiger charge is -2.42. The Morgan fingerprint density at radius 1 is 1.12 bits per heavy atom. The highest BCUT2D eigenvalue weighted by Gasteiger charge is 2.35. The van der Waals surface area contributed by atoms with E-state index in [-0.39, 0.29) is 17.5 Å². The molecule has 1 aliphatic carbocycles. The van der Waals surface area contributed by atoms with Crippen molar-refractivity contribution in [2.45, 2.75) is 44.3 Å². The summed E-state index contributed by atoms with van der Waals surface area (Å²) in [7, 11) is 1.59. The Bertz CT molecular complexity index is 1520. The normalized spacial score (nSPS) is 20.7. The molecule has 2 saturated heterocycles. The predicted molar refractivity (Wildman–Crippen MR) is 161 cm³/mol. The summed E-state index contributed by atoms with van der Waals surface area (Å²) in [5.74, 6) is -0.0217. The van der Waals surface area contributed by atoms with Gasteiger partial charge in [0.25, 0.3) is 0 Å². The number of nitrogens with one attached hydrogen (secondary N) is 2. The van der Waals surface area contributed by atoms with Crippen LogP contribution in [0.25, 0.3) is 0 Å². The minimum atomic E-state index is -0.560. The van der Waals surface area contributed by atoms with Crippen LogP contribution in [0.4, 0.5) is 37.5 Å². The zero-order chi connectivity index (χ0) is 30.1. The molecule has 226 valence electrons. The number of nitrogens with zero attached hydrogens (tertiary/aromatic N) is 5. The van der Waals surface area contributed by atoms with E-state index in [1.807, 2.05) is 12.1 Å². The second kappa shape index (κ2) is 12.1. The molecule has 1 amide bonds. The van der Waals surface area contributed by atoms with Gasteiger partial charge in [0.05, 0.1) is 36.8 Å². The predicted octanol–water partition coefficient (Wildman–Crippen LogP) is 5.19. The van der Waals surface area contributed by atoms with E-state index in [1.54, 1.807) is 13.2 Å². The third kappa shape index (κ3) is 6.11. The third-order valence-corrected chi connectivity index (χ3v) is 8.16. The van der Waals surface area contributed by atoms with E-state index in [4.69, 9.17) is 9.57 Å². The Kier molecular flexibility index (Phi) is 8.13. The van der Waals surface area contributed by atoms with E-state index < -0.39 is 17.7 Å². The quantitative estimate of drug-likeness (QED) is 0.326. The van der Waals surface area contributed by atoms with Crippen molar-refractivity contribution in [3.63, 3.8) is 0 Å². The van der Waals surface area contributed by atoms with Gasteiger partial charge < -0.3 is 20.3 Å². The largest absolute Gasteiger partial charge is 0.494 e. The maximum atomic E-state index is 14.6. The van der Waals surface area contributed by atoms with E-state index in [9.17, 15) is 13.6 Å². The van der Waals surface area contributed by atoms with Crippen LogP contribution < -0.4 is 25.3 Å². The van der Waals surface area contributed by atoms with Crippen LogP contribution in [-0.2, 0) is 9.63 Å². The van der Waals surface area contributed by atoms with Gasteiger partial charge >= 0.3 is 0 Å². The van der Waals surface area contributed by atoms with Crippen LogP contribution in [0.5, 0.6) is 5.75 Å². The molecule has 1 saturated carbocycles. The SMILES string of the molecule is C=CC(=O)Nc1cc(Nc2cc(N3OCC[C@@H]3c3cc(F)ccc3F)ncn2)c(OC)cc1N1CCN(C2CC2)C[C@@H]1C. The molecule has 12 heteroatoms. The Labute approximate surface area is 249 Å². The highest BCUT2D eigenvalue weighted by molar-refractivity contribution is 6.02. The fourth-order valence-corrected chi connectivity index (χ4v) is 5.89.